The van der Waals surface area contributed by atoms with Gasteiger partial charge in [0.15, 0.2) is 16.6 Å². The van der Waals surface area contributed by atoms with Gasteiger partial charge < -0.3 is 5.32 Å². The van der Waals surface area contributed by atoms with Crippen LogP contribution in [0.2, 0.25) is 0 Å². The van der Waals surface area contributed by atoms with Crippen molar-refractivity contribution in [3.63, 3.8) is 0 Å². The Kier molecular flexibility index (Phi) is 5.77. The number of nitrogens with zero attached hydrogens (tertiary/aromatic N) is 2. The van der Waals surface area contributed by atoms with Gasteiger partial charge in [-0.1, -0.05) is 42.1 Å². The van der Waals surface area contributed by atoms with Crippen molar-refractivity contribution in [2.75, 3.05) is 11.1 Å². The van der Waals surface area contributed by atoms with Crippen LogP contribution in [0.3, 0.4) is 0 Å². The second-order valence-corrected chi connectivity index (χ2v) is 6.61. The predicted molar refractivity (Wildman–Crippen MR) is 104 cm³/mol. The summed E-state index contributed by atoms with van der Waals surface area (Å²) < 4.78 is 0. The minimum Gasteiger partial charge on any atom is -0.325 e. The van der Waals surface area contributed by atoms with Gasteiger partial charge >= 0.3 is 0 Å². The number of amides is 1. The number of nitrogens with one attached hydrogen (secondary N) is 2. The van der Waals surface area contributed by atoms with Gasteiger partial charge in [0, 0.05) is 16.8 Å². The number of thioether (sulfide) groups is 1. The second-order valence-electron chi connectivity index (χ2n) is 5.64. The van der Waals surface area contributed by atoms with Gasteiger partial charge in [0.2, 0.25) is 5.91 Å². The van der Waals surface area contributed by atoms with Crippen LogP contribution in [-0.4, -0.2) is 32.6 Å². The molecule has 0 saturated carbocycles. The van der Waals surface area contributed by atoms with E-state index in [0.717, 1.165) is 11.8 Å². The molecule has 0 spiro atoms. The molecule has 136 valence electrons. The van der Waals surface area contributed by atoms with Crippen LogP contribution in [0, 0.1) is 0 Å². The Morgan fingerprint density at radius 2 is 1.74 bits per heavy atom. The van der Waals surface area contributed by atoms with Crippen LogP contribution in [0.5, 0.6) is 0 Å². The first-order chi connectivity index (χ1) is 13.0. The van der Waals surface area contributed by atoms with E-state index >= 15 is 0 Å². The molecule has 3 rings (SSSR count). The zero-order valence-electron chi connectivity index (χ0n) is 14.4. The van der Waals surface area contributed by atoms with Gasteiger partial charge in [0.05, 0.1) is 5.75 Å². The van der Waals surface area contributed by atoms with Crippen molar-refractivity contribution in [3.05, 3.63) is 70.5 Å². The summed E-state index contributed by atoms with van der Waals surface area (Å²) in [5, 5.41) is 10.9. The number of carbonyl (C=O) groups is 2. The summed E-state index contributed by atoms with van der Waals surface area (Å²) in [7, 11) is 0. The molecule has 0 unspecified atom stereocenters. The number of aromatic nitrogens is 3. The van der Waals surface area contributed by atoms with Crippen molar-refractivity contribution in [2.45, 2.75) is 12.1 Å². The molecule has 1 amide bonds. The maximum Gasteiger partial charge on any atom is 0.278 e. The summed E-state index contributed by atoms with van der Waals surface area (Å²) in [4.78, 5) is 38.1. The molecule has 0 atom stereocenters. The van der Waals surface area contributed by atoms with Crippen molar-refractivity contribution in [1.29, 1.82) is 0 Å². The van der Waals surface area contributed by atoms with Crippen molar-refractivity contribution >= 4 is 29.1 Å². The van der Waals surface area contributed by atoms with E-state index in [-0.39, 0.29) is 33.9 Å². The van der Waals surface area contributed by atoms with Gasteiger partial charge in [0.25, 0.3) is 5.56 Å². The highest BCUT2D eigenvalue weighted by Crippen LogP contribution is 2.15. The Balaban J connectivity index is 1.59. The number of rotatable bonds is 6. The smallest absolute Gasteiger partial charge is 0.278 e. The topological polar surface area (TPSA) is 105 Å². The highest BCUT2D eigenvalue weighted by atomic mass is 32.2. The lowest BCUT2D eigenvalue weighted by Crippen LogP contribution is -2.17. The van der Waals surface area contributed by atoms with E-state index in [4.69, 9.17) is 0 Å². The van der Waals surface area contributed by atoms with Gasteiger partial charge in [-0.15, -0.1) is 10.2 Å². The van der Waals surface area contributed by atoms with E-state index in [9.17, 15) is 14.4 Å². The molecule has 0 radical (unpaired) electrons. The third-order valence-electron chi connectivity index (χ3n) is 3.64. The average Bonchev–Trinajstić information content (AvgIpc) is 2.67. The molecule has 8 heteroatoms. The highest BCUT2D eigenvalue weighted by molar-refractivity contribution is 7.99. The Labute approximate surface area is 159 Å². The van der Waals surface area contributed by atoms with E-state index in [1.54, 1.807) is 36.4 Å². The Hall–Kier alpha value is -3.26. The second kappa shape index (κ2) is 8.41. The highest BCUT2D eigenvalue weighted by Gasteiger charge is 2.10. The van der Waals surface area contributed by atoms with Crippen LogP contribution in [0.1, 0.15) is 17.3 Å². The SMILES string of the molecule is CC(=O)c1ccc(NC(=O)CSc2nnc(-c3ccccc3)c(=O)[nH]2)cc1. The van der Waals surface area contributed by atoms with Gasteiger partial charge in [-0.2, -0.15) is 0 Å². The summed E-state index contributed by atoms with van der Waals surface area (Å²) in [6, 6.07) is 15.6. The molecule has 0 aliphatic carbocycles. The fraction of sp³-hybridized carbons (Fsp3) is 0.105. The average molecular weight is 380 g/mol. The molecular formula is C19H16N4O3S. The van der Waals surface area contributed by atoms with Crippen molar-refractivity contribution in [3.8, 4) is 11.3 Å². The van der Waals surface area contributed by atoms with Crippen LogP contribution >= 0.6 is 11.8 Å². The number of hydrogen-bond acceptors (Lipinski definition) is 6. The summed E-state index contributed by atoms with van der Waals surface area (Å²) in [5.74, 6) is -0.237. The molecule has 2 aromatic carbocycles. The van der Waals surface area contributed by atoms with Crippen LogP contribution in [-0.2, 0) is 4.79 Å². The minimum atomic E-state index is -0.362. The molecule has 27 heavy (non-hydrogen) atoms. The van der Waals surface area contributed by atoms with E-state index < -0.39 is 0 Å². The minimum absolute atomic E-state index is 0.0371. The number of carbonyl (C=O) groups excluding carboxylic acids is 2. The van der Waals surface area contributed by atoms with E-state index in [0.29, 0.717) is 16.8 Å². The molecule has 7 nitrogen and oxygen atoms in total. The molecule has 1 heterocycles. The molecular weight excluding hydrogens is 364 g/mol. The first-order valence-electron chi connectivity index (χ1n) is 8.09. The Morgan fingerprint density at radius 1 is 1.04 bits per heavy atom. The standard InChI is InChI=1S/C19H16N4O3S/c1-12(24)13-7-9-15(10-8-13)20-16(25)11-27-19-21-18(26)17(22-23-19)14-5-3-2-4-6-14/h2-10H,11H2,1H3,(H,20,25)(H,21,23,26). The third kappa shape index (κ3) is 4.89. The number of ketones is 1. The van der Waals surface area contributed by atoms with Crippen molar-refractivity contribution in [1.82, 2.24) is 15.2 Å². The predicted octanol–water partition coefficient (Wildman–Crippen LogP) is 2.77. The first-order valence-corrected chi connectivity index (χ1v) is 9.07. The molecule has 3 aromatic rings. The largest absolute Gasteiger partial charge is 0.325 e. The van der Waals surface area contributed by atoms with Crippen molar-refractivity contribution < 1.29 is 9.59 Å². The molecule has 2 N–H and O–H groups in total. The molecule has 1 aromatic heterocycles. The zero-order chi connectivity index (χ0) is 19.2. The maximum atomic E-state index is 12.2. The summed E-state index contributed by atoms with van der Waals surface area (Å²) in [6.07, 6.45) is 0. The third-order valence-corrected chi connectivity index (χ3v) is 4.50. The number of hydrogen-bond donors (Lipinski definition) is 2. The lowest BCUT2D eigenvalue weighted by molar-refractivity contribution is -0.113. The molecule has 0 aliphatic heterocycles. The normalized spacial score (nSPS) is 10.4. The maximum absolute atomic E-state index is 12.2. The fourth-order valence-electron chi connectivity index (χ4n) is 2.29. The molecule has 0 fully saturated rings. The van der Waals surface area contributed by atoms with E-state index in [2.05, 4.69) is 20.5 Å². The summed E-state index contributed by atoms with van der Waals surface area (Å²) >= 11 is 1.08. The molecule has 0 aliphatic rings. The first kappa shape index (κ1) is 18.5. The van der Waals surface area contributed by atoms with Gasteiger partial charge in [-0.25, -0.2) is 0 Å². The number of H-pyrrole nitrogens is 1. The Morgan fingerprint density at radius 3 is 2.37 bits per heavy atom. The number of Topliss-reactive ketones (excluding diaryl/α,β-unsaturated/α-hetero) is 1. The molecule has 0 saturated heterocycles. The summed E-state index contributed by atoms with van der Waals surface area (Å²) in [6.45, 7) is 1.48. The summed E-state index contributed by atoms with van der Waals surface area (Å²) in [5.41, 5.74) is 1.71. The van der Waals surface area contributed by atoms with Gasteiger partial charge in [-0.3, -0.25) is 19.4 Å². The monoisotopic (exact) mass is 380 g/mol. The fourth-order valence-corrected chi connectivity index (χ4v) is 2.89. The van der Waals surface area contributed by atoms with E-state index in [1.165, 1.54) is 6.92 Å². The van der Waals surface area contributed by atoms with Crippen LogP contribution in [0.15, 0.2) is 64.5 Å². The van der Waals surface area contributed by atoms with Crippen LogP contribution in [0.4, 0.5) is 5.69 Å². The van der Waals surface area contributed by atoms with Crippen molar-refractivity contribution in [2.24, 2.45) is 0 Å². The van der Waals surface area contributed by atoms with E-state index in [1.807, 2.05) is 18.2 Å². The lowest BCUT2D eigenvalue weighted by Gasteiger charge is -2.05. The van der Waals surface area contributed by atoms with Gasteiger partial charge in [0.1, 0.15) is 0 Å². The number of benzene rings is 2. The zero-order valence-corrected chi connectivity index (χ0v) is 15.2. The Bertz CT molecular complexity index is 1020. The van der Waals surface area contributed by atoms with Gasteiger partial charge in [-0.05, 0) is 31.2 Å². The van der Waals surface area contributed by atoms with Crippen LogP contribution in [0.25, 0.3) is 11.3 Å². The quantitative estimate of drug-likeness (QED) is 0.503. The van der Waals surface area contributed by atoms with Crippen LogP contribution < -0.4 is 10.9 Å². The molecule has 0 bridgehead atoms. The number of aromatic amines is 1. The lowest BCUT2D eigenvalue weighted by atomic mass is 10.1. The number of anilines is 1.